The molecule has 1 aliphatic rings. The van der Waals surface area contributed by atoms with E-state index in [1.165, 1.54) is 19.4 Å². The summed E-state index contributed by atoms with van der Waals surface area (Å²) in [5.74, 6) is 0.0598. The molecule has 1 amide bonds. The average molecular weight is 353 g/mol. The molecule has 1 aromatic rings. The number of likely N-dealkylation sites (tertiary alicyclic amines) is 1. The average Bonchev–Trinajstić information content (AvgIpc) is 2.59. The van der Waals surface area contributed by atoms with Gasteiger partial charge in [-0.05, 0) is 45.1 Å². The zero-order valence-corrected chi connectivity index (χ0v) is 15.2. The number of nitrogens with one attached hydrogen (secondary N) is 1. The lowest BCUT2D eigenvalue weighted by Gasteiger charge is -2.36. The van der Waals surface area contributed by atoms with E-state index in [1.54, 1.807) is 4.90 Å². The summed E-state index contributed by atoms with van der Waals surface area (Å²) in [4.78, 5) is 17.0. The molecule has 0 radical (unpaired) electrons. The Labute approximate surface area is 148 Å². The monoisotopic (exact) mass is 353 g/mol. The molecule has 25 heavy (non-hydrogen) atoms. The largest absolute Gasteiger partial charge is 0.453 e. The number of hydrogen-bond acceptors (Lipinski definition) is 5. The molecule has 2 rings (SSSR count). The van der Waals surface area contributed by atoms with E-state index in [0.29, 0.717) is 31.1 Å². The van der Waals surface area contributed by atoms with Crippen molar-refractivity contribution >= 4 is 6.09 Å². The second-order valence-electron chi connectivity index (χ2n) is 7.32. The van der Waals surface area contributed by atoms with Gasteiger partial charge in [0.05, 0.1) is 19.4 Å². The van der Waals surface area contributed by atoms with Crippen LogP contribution in [-0.4, -0.2) is 53.4 Å². The maximum Gasteiger partial charge on any atom is 0.409 e. The number of methoxy groups -OCH3 is 1. The van der Waals surface area contributed by atoms with Crippen molar-refractivity contribution in [3.05, 3.63) is 29.8 Å². The number of aliphatic hydroxyl groups is 1. The van der Waals surface area contributed by atoms with Gasteiger partial charge in [-0.15, -0.1) is 0 Å². The van der Waals surface area contributed by atoms with E-state index >= 15 is 0 Å². The number of pyridine rings is 1. The molecule has 0 saturated carbocycles. The quantitative estimate of drug-likeness (QED) is 0.822. The molecule has 0 aliphatic carbocycles. The Morgan fingerprint density at radius 2 is 2.16 bits per heavy atom. The Balaban J connectivity index is 1.79. The first-order valence-electron chi connectivity index (χ1n) is 8.67. The number of aliphatic hydroxyl groups excluding tert-OH is 1. The zero-order valence-electron chi connectivity index (χ0n) is 15.2. The van der Waals surface area contributed by atoms with Crippen molar-refractivity contribution in [1.29, 1.82) is 0 Å². The number of halogens is 1. The number of carbonyl (C=O) groups excluding carboxylic acids is 1. The number of piperidine rings is 1. The van der Waals surface area contributed by atoms with Gasteiger partial charge in [0.25, 0.3) is 0 Å². The summed E-state index contributed by atoms with van der Waals surface area (Å²) in [5, 5.41) is 13.6. The topological polar surface area (TPSA) is 74.7 Å². The summed E-state index contributed by atoms with van der Waals surface area (Å²) in [7, 11) is 1.40. The number of nitrogens with zero attached hydrogens (tertiary/aromatic N) is 2. The number of aromatic nitrogens is 1. The Kier molecular flexibility index (Phi) is 6.72. The normalized spacial score (nSPS) is 17.4. The van der Waals surface area contributed by atoms with E-state index < -0.39 is 11.9 Å². The Hall–Kier alpha value is -1.73. The second-order valence-corrected chi connectivity index (χ2v) is 7.32. The molecule has 6 nitrogen and oxygen atoms in total. The highest BCUT2D eigenvalue weighted by molar-refractivity contribution is 5.67. The van der Waals surface area contributed by atoms with Crippen molar-refractivity contribution < 1.29 is 19.0 Å². The van der Waals surface area contributed by atoms with Crippen LogP contribution in [0.4, 0.5) is 9.18 Å². The molecular formula is C18H28FN3O3. The Bertz CT molecular complexity index is 574. The minimum absolute atomic E-state index is 0.167. The fourth-order valence-electron chi connectivity index (χ4n) is 3.34. The minimum Gasteiger partial charge on any atom is -0.453 e. The van der Waals surface area contributed by atoms with Gasteiger partial charge in [0.1, 0.15) is 5.82 Å². The summed E-state index contributed by atoms with van der Waals surface area (Å²) in [5.41, 5.74) is 0.300. The standard InChI is InChI=1S/C18H28FN3O3/c1-18(2,9-13-4-6-22(7-5-13)17(24)25-3)21-12-16(23)14-8-15(19)11-20-10-14/h8,10-11,13,16,21,23H,4-7,9,12H2,1-3H3/t16-/m0/s1. The van der Waals surface area contributed by atoms with Crippen LogP contribution in [0.5, 0.6) is 0 Å². The van der Waals surface area contributed by atoms with Crippen LogP contribution in [0.25, 0.3) is 0 Å². The fourth-order valence-corrected chi connectivity index (χ4v) is 3.34. The van der Waals surface area contributed by atoms with Crippen molar-refractivity contribution in [3.8, 4) is 0 Å². The van der Waals surface area contributed by atoms with Crippen LogP contribution in [0.2, 0.25) is 0 Å². The van der Waals surface area contributed by atoms with Crippen LogP contribution < -0.4 is 5.32 Å². The van der Waals surface area contributed by atoms with Crippen molar-refractivity contribution in [2.24, 2.45) is 5.92 Å². The van der Waals surface area contributed by atoms with Gasteiger partial charge in [-0.25, -0.2) is 9.18 Å². The lowest BCUT2D eigenvalue weighted by molar-refractivity contribution is 0.0985. The molecule has 140 valence electrons. The van der Waals surface area contributed by atoms with E-state index in [4.69, 9.17) is 4.74 Å². The van der Waals surface area contributed by atoms with Gasteiger partial charge in [0.2, 0.25) is 0 Å². The highest BCUT2D eigenvalue weighted by atomic mass is 19.1. The van der Waals surface area contributed by atoms with Gasteiger partial charge >= 0.3 is 6.09 Å². The van der Waals surface area contributed by atoms with Gasteiger partial charge < -0.3 is 20.1 Å². The number of β-amino-alcohol motifs (C(OH)–C–C–N with tert-alkyl or cyclic N) is 1. The van der Waals surface area contributed by atoms with E-state index in [0.717, 1.165) is 25.5 Å². The highest BCUT2D eigenvalue weighted by Crippen LogP contribution is 2.27. The smallest absolute Gasteiger partial charge is 0.409 e. The van der Waals surface area contributed by atoms with Gasteiger partial charge in [0, 0.05) is 36.9 Å². The molecule has 7 heteroatoms. The van der Waals surface area contributed by atoms with Crippen LogP contribution in [0.1, 0.15) is 44.8 Å². The molecule has 0 spiro atoms. The van der Waals surface area contributed by atoms with Crippen molar-refractivity contribution in [2.75, 3.05) is 26.7 Å². The van der Waals surface area contributed by atoms with Crippen molar-refractivity contribution in [3.63, 3.8) is 0 Å². The number of ether oxygens (including phenoxy) is 1. The first-order valence-corrected chi connectivity index (χ1v) is 8.67. The number of hydrogen-bond donors (Lipinski definition) is 2. The third kappa shape index (κ3) is 5.93. The maximum atomic E-state index is 13.2. The van der Waals surface area contributed by atoms with Crippen LogP contribution in [0.15, 0.2) is 18.5 Å². The molecule has 1 atom stereocenters. The van der Waals surface area contributed by atoms with Crippen LogP contribution >= 0.6 is 0 Å². The van der Waals surface area contributed by atoms with E-state index in [2.05, 4.69) is 24.1 Å². The number of rotatable bonds is 6. The van der Waals surface area contributed by atoms with Crippen molar-refractivity contribution in [2.45, 2.75) is 44.8 Å². The summed E-state index contributed by atoms with van der Waals surface area (Å²) in [6.45, 7) is 5.95. The molecular weight excluding hydrogens is 325 g/mol. The van der Waals surface area contributed by atoms with Gasteiger partial charge in [-0.2, -0.15) is 0 Å². The maximum absolute atomic E-state index is 13.2. The van der Waals surface area contributed by atoms with E-state index in [9.17, 15) is 14.3 Å². The van der Waals surface area contributed by atoms with E-state index in [-0.39, 0.29) is 11.6 Å². The lowest BCUT2D eigenvalue weighted by Crippen LogP contribution is -2.45. The van der Waals surface area contributed by atoms with Gasteiger partial charge in [-0.1, -0.05) is 0 Å². The summed E-state index contributed by atoms with van der Waals surface area (Å²) in [6, 6.07) is 1.30. The number of amides is 1. The summed E-state index contributed by atoms with van der Waals surface area (Å²) in [6.07, 6.45) is 4.36. The molecule has 1 fully saturated rings. The predicted molar refractivity (Wildman–Crippen MR) is 92.6 cm³/mol. The van der Waals surface area contributed by atoms with Crippen LogP contribution in [-0.2, 0) is 4.74 Å². The number of carbonyl (C=O) groups is 1. The fraction of sp³-hybridized carbons (Fsp3) is 0.667. The summed E-state index contributed by atoms with van der Waals surface area (Å²) >= 11 is 0. The third-order valence-electron chi connectivity index (χ3n) is 4.73. The second kappa shape index (κ2) is 8.58. The first kappa shape index (κ1) is 19.6. The molecule has 1 aromatic heterocycles. The van der Waals surface area contributed by atoms with Crippen molar-refractivity contribution in [1.82, 2.24) is 15.2 Å². The van der Waals surface area contributed by atoms with E-state index in [1.807, 2.05) is 0 Å². The van der Waals surface area contributed by atoms with Crippen LogP contribution in [0, 0.1) is 11.7 Å². The summed E-state index contributed by atoms with van der Waals surface area (Å²) < 4.78 is 18.0. The predicted octanol–water partition coefficient (Wildman–Crippen LogP) is 2.49. The van der Waals surface area contributed by atoms with Gasteiger partial charge in [-0.3, -0.25) is 4.98 Å². The highest BCUT2D eigenvalue weighted by Gasteiger charge is 2.28. The third-order valence-corrected chi connectivity index (χ3v) is 4.73. The molecule has 1 aliphatic heterocycles. The molecule has 0 bridgehead atoms. The van der Waals surface area contributed by atoms with Gasteiger partial charge in [0.15, 0.2) is 0 Å². The molecule has 0 unspecified atom stereocenters. The molecule has 1 saturated heterocycles. The molecule has 0 aromatic carbocycles. The first-order chi connectivity index (χ1) is 11.8. The van der Waals surface area contributed by atoms with Crippen LogP contribution in [0.3, 0.4) is 0 Å². The Morgan fingerprint density at radius 1 is 1.48 bits per heavy atom. The lowest BCUT2D eigenvalue weighted by atomic mass is 9.84. The minimum atomic E-state index is -0.802. The Morgan fingerprint density at radius 3 is 2.76 bits per heavy atom. The zero-order chi connectivity index (χ0) is 18.4. The molecule has 2 N–H and O–H groups in total. The molecule has 2 heterocycles. The SMILES string of the molecule is COC(=O)N1CCC(CC(C)(C)NC[C@H](O)c2cncc(F)c2)CC1.